The van der Waals surface area contributed by atoms with Gasteiger partial charge in [-0.25, -0.2) is 0 Å². The van der Waals surface area contributed by atoms with Crippen LogP contribution in [-0.2, 0) is 4.79 Å². The number of unbranched alkanes of at least 4 members (excludes halogenated alkanes) is 2. The Morgan fingerprint density at radius 3 is 2.73 bits per heavy atom. The second-order valence-corrected chi connectivity index (χ2v) is 4.74. The fraction of sp³-hybridized carbons (Fsp3) is 0.500. The maximum Gasteiger partial charge on any atom is 0.312 e. The SMILES string of the molecule is CCCCCC(=O)Oc1scc(Cl)c1Cl. The van der Waals surface area contributed by atoms with E-state index in [9.17, 15) is 4.79 Å². The maximum atomic E-state index is 11.3. The summed E-state index contributed by atoms with van der Waals surface area (Å²) in [6.45, 7) is 2.08. The molecule has 1 heterocycles. The number of hydrogen-bond acceptors (Lipinski definition) is 3. The van der Waals surface area contributed by atoms with Gasteiger partial charge in [-0.05, 0) is 6.42 Å². The van der Waals surface area contributed by atoms with Gasteiger partial charge in [0.25, 0.3) is 0 Å². The summed E-state index contributed by atoms with van der Waals surface area (Å²) in [5.41, 5.74) is 0. The average molecular weight is 267 g/mol. The summed E-state index contributed by atoms with van der Waals surface area (Å²) in [4.78, 5) is 11.3. The van der Waals surface area contributed by atoms with E-state index in [0.29, 0.717) is 21.5 Å². The van der Waals surface area contributed by atoms with E-state index in [4.69, 9.17) is 27.9 Å². The molecule has 0 radical (unpaired) electrons. The van der Waals surface area contributed by atoms with E-state index in [0.717, 1.165) is 19.3 Å². The molecular formula is C10H12Cl2O2S. The van der Waals surface area contributed by atoms with E-state index in [1.165, 1.54) is 11.3 Å². The van der Waals surface area contributed by atoms with Crippen molar-refractivity contribution in [3.63, 3.8) is 0 Å². The van der Waals surface area contributed by atoms with E-state index in [1.807, 2.05) is 0 Å². The molecule has 15 heavy (non-hydrogen) atoms. The smallest absolute Gasteiger partial charge is 0.312 e. The predicted octanol–water partition coefficient (Wildman–Crippen LogP) is 4.54. The van der Waals surface area contributed by atoms with Gasteiger partial charge in [0.15, 0.2) is 0 Å². The van der Waals surface area contributed by atoms with Gasteiger partial charge in [0, 0.05) is 11.8 Å². The van der Waals surface area contributed by atoms with Crippen LogP contribution in [0.3, 0.4) is 0 Å². The first kappa shape index (κ1) is 12.8. The van der Waals surface area contributed by atoms with Crippen molar-refractivity contribution in [2.45, 2.75) is 32.6 Å². The molecule has 0 saturated heterocycles. The summed E-state index contributed by atoms with van der Waals surface area (Å²) in [6, 6.07) is 0. The van der Waals surface area contributed by atoms with E-state index >= 15 is 0 Å². The van der Waals surface area contributed by atoms with Crippen molar-refractivity contribution in [1.82, 2.24) is 0 Å². The van der Waals surface area contributed by atoms with E-state index in [1.54, 1.807) is 5.38 Å². The van der Waals surface area contributed by atoms with Gasteiger partial charge in [0.1, 0.15) is 5.02 Å². The highest BCUT2D eigenvalue weighted by Crippen LogP contribution is 2.38. The van der Waals surface area contributed by atoms with Gasteiger partial charge in [-0.2, -0.15) is 0 Å². The second-order valence-electron chi connectivity index (χ2n) is 3.12. The molecular weight excluding hydrogens is 255 g/mol. The van der Waals surface area contributed by atoms with E-state index in [-0.39, 0.29) is 5.97 Å². The predicted molar refractivity (Wildman–Crippen MR) is 64.1 cm³/mol. The summed E-state index contributed by atoms with van der Waals surface area (Å²) >= 11 is 12.8. The standard InChI is InChI=1S/C10H12Cl2O2S/c1-2-3-4-5-8(13)14-10-9(12)7(11)6-15-10/h6H,2-5H2,1H3. The van der Waals surface area contributed by atoms with Crippen LogP contribution in [0.25, 0.3) is 0 Å². The second kappa shape index (κ2) is 6.36. The number of carbonyl (C=O) groups excluding carboxylic acids is 1. The molecule has 0 aliphatic heterocycles. The van der Waals surface area contributed by atoms with Gasteiger partial charge >= 0.3 is 5.97 Å². The van der Waals surface area contributed by atoms with Crippen LogP contribution in [0.5, 0.6) is 5.06 Å². The number of carbonyl (C=O) groups is 1. The Bertz CT molecular complexity index is 336. The van der Waals surface area contributed by atoms with Crippen LogP contribution in [0.2, 0.25) is 10.0 Å². The molecule has 0 saturated carbocycles. The van der Waals surface area contributed by atoms with Gasteiger partial charge in [0.05, 0.1) is 5.02 Å². The molecule has 0 unspecified atom stereocenters. The molecule has 84 valence electrons. The van der Waals surface area contributed by atoms with Gasteiger partial charge in [-0.1, -0.05) is 43.0 Å². The largest absolute Gasteiger partial charge is 0.414 e. The number of hydrogen-bond donors (Lipinski definition) is 0. The molecule has 0 fully saturated rings. The third kappa shape index (κ3) is 4.01. The quantitative estimate of drug-likeness (QED) is 0.578. The lowest BCUT2D eigenvalue weighted by atomic mass is 10.2. The van der Waals surface area contributed by atoms with Crippen LogP contribution < -0.4 is 4.74 Å². The molecule has 0 aliphatic rings. The molecule has 0 spiro atoms. The van der Waals surface area contributed by atoms with Crippen molar-refractivity contribution in [1.29, 1.82) is 0 Å². The fourth-order valence-electron chi connectivity index (χ4n) is 1.05. The number of thiophene rings is 1. The number of esters is 1. The van der Waals surface area contributed by atoms with E-state index in [2.05, 4.69) is 6.92 Å². The average Bonchev–Trinajstić information content (AvgIpc) is 2.50. The number of rotatable bonds is 5. The normalized spacial score (nSPS) is 10.3. The zero-order valence-electron chi connectivity index (χ0n) is 8.39. The third-order valence-electron chi connectivity index (χ3n) is 1.85. The minimum absolute atomic E-state index is 0.246. The van der Waals surface area contributed by atoms with Crippen molar-refractivity contribution < 1.29 is 9.53 Å². The summed E-state index contributed by atoms with van der Waals surface area (Å²) in [6.07, 6.45) is 3.40. The first-order valence-corrected chi connectivity index (χ1v) is 6.42. The molecule has 0 N–H and O–H groups in total. The summed E-state index contributed by atoms with van der Waals surface area (Å²) in [5, 5.41) is 2.80. The monoisotopic (exact) mass is 266 g/mol. The Kier molecular flexibility index (Phi) is 5.43. The lowest BCUT2D eigenvalue weighted by molar-refractivity contribution is -0.134. The zero-order chi connectivity index (χ0) is 11.3. The first-order valence-electron chi connectivity index (χ1n) is 4.78. The van der Waals surface area contributed by atoms with Crippen LogP contribution in [0, 0.1) is 0 Å². The molecule has 0 amide bonds. The minimum Gasteiger partial charge on any atom is -0.414 e. The molecule has 1 rings (SSSR count). The van der Waals surface area contributed by atoms with Crippen molar-refractivity contribution in [2.75, 3.05) is 0 Å². The summed E-state index contributed by atoms with van der Waals surface area (Å²) in [7, 11) is 0. The molecule has 0 aliphatic carbocycles. The number of ether oxygens (including phenoxy) is 1. The highest BCUT2D eigenvalue weighted by atomic mass is 35.5. The molecule has 5 heteroatoms. The minimum atomic E-state index is -0.246. The van der Waals surface area contributed by atoms with Crippen molar-refractivity contribution in [3.05, 3.63) is 15.4 Å². The Balaban J connectivity index is 2.41. The maximum absolute atomic E-state index is 11.3. The lowest BCUT2D eigenvalue weighted by Gasteiger charge is -2.01. The molecule has 0 bridgehead atoms. The van der Waals surface area contributed by atoms with Gasteiger partial charge in [-0.3, -0.25) is 4.79 Å². The first-order chi connectivity index (χ1) is 7.15. The third-order valence-corrected chi connectivity index (χ3v) is 3.72. The Hall–Kier alpha value is -0.250. The van der Waals surface area contributed by atoms with Crippen LogP contribution in [0.4, 0.5) is 0 Å². The molecule has 2 nitrogen and oxygen atoms in total. The van der Waals surface area contributed by atoms with Gasteiger partial charge in [-0.15, -0.1) is 11.3 Å². The van der Waals surface area contributed by atoms with Crippen LogP contribution in [-0.4, -0.2) is 5.97 Å². The Labute approximate surface area is 103 Å². The molecule has 0 aromatic carbocycles. The Morgan fingerprint density at radius 2 is 2.20 bits per heavy atom. The van der Waals surface area contributed by atoms with Gasteiger partial charge in [0.2, 0.25) is 5.06 Å². The fourth-order valence-corrected chi connectivity index (χ4v) is 2.30. The zero-order valence-corrected chi connectivity index (χ0v) is 10.7. The molecule has 1 aromatic rings. The van der Waals surface area contributed by atoms with Crippen LogP contribution in [0.15, 0.2) is 5.38 Å². The van der Waals surface area contributed by atoms with Crippen LogP contribution in [0.1, 0.15) is 32.6 Å². The van der Waals surface area contributed by atoms with Crippen LogP contribution >= 0.6 is 34.5 Å². The topological polar surface area (TPSA) is 26.3 Å². The molecule has 1 aromatic heterocycles. The highest BCUT2D eigenvalue weighted by molar-refractivity contribution is 7.13. The summed E-state index contributed by atoms with van der Waals surface area (Å²) < 4.78 is 5.08. The Morgan fingerprint density at radius 1 is 1.47 bits per heavy atom. The molecule has 0 atom stereocenters. The lowest BCUT2D eigenvalue weighted by Crippen LogP contribution is -2.06. The van der Waals surface area contributed by atoms with Crippen molar-refractivity contribution in [3.8, 4) is 5.06 Å². The number of halogens is 2. The van der Waals surface area contributed by atoms with Crippen molar-refractivity contribution in [2.24, 2.45) is 0 Å². The van der Waals surface area contributed by atoms with Gasteiger partial charge < -0.3 is 4.74 Å². The highest BCUT2D eigenvalue weighted by Gasteiger charge is 2.12. The van der Waals surface area contributed by atoms with Crippen molar-refractivity contribution >= 4 is 40.5 Å². The summed E-state index contributed by atoms with van der Waals surface area (Å²) in [5.74, 6) is -0.246. The van der Waals surface area contributed by atoms with E-state index < -0.39 is 0 Å².